The third-order valence-electron chi connectivity index (χ3n) is 2.78. The molecule has 1 aromatic heterocycles. The van der Waals surface area contributed by atoms with Crippen molar-refractivity contribution in [3.63, 3.8) is 0 Å². The molecule has 1 saturated carbocycles. The predicted octanol–water partition coefficient (Wildman–Crippen LogP) is 2.74. The van der Waals surface area contributed by atoms with Gasteiger partial charge in [0.25, 0.3) is 0 Å². The smallest absolute Gasteiger partial charge is 0.415 e. The number of carbonyl (C=O) groups excluding carboxylic acids is 2. The van der Waals surface area contributed by atoms with E-state index in [0.29, 0.717) is 0 Å². The summed E-state index contributed by atoms with van der Waals surface area (Å²) in [6.45, 7) is -0.0773. The Kier molecular flexibility index (Phi) is 4.14. The van der Waals surface area contributed by atoms with E-state index in [9.17, 15) is 9.59 Å². The molecule has 1 amide bonds. The molecule has 0 aromatic carbocycles. The van der Waals surface area contributed by atoms with Gasteiger partial charge in [0.2, 0.25) is 6.29 Å². The monoisotopic (exact) mass is 252 g/mol. The standard InChI is InChI=1S/C12H14NO3S/c14-8-7-13(11-6-3-9-17-11)12(15)16-10-4-1-2-5-10/h3,6,9-10H,1-2,4-5,7H2. The van der Waals surface area contributed by atoms with Gasteiger partial charge in [0, 0.05) is 0 Å². The van der Waals surface area contributed by atoms with Crippen LogP contribution in [0.25, 0.3) is 0 Å². The van der Waals surface area contributed by atoms with Crippen LogP contribution in [-0.2, 0) is 9.53 Å². The Morgan fingerprint density at radius 2 is 2.29 bits per heavy atom. The van der Waals surface area contributed by atoms with Gasteiger partial charge in [-0.1, -0.05) is 0 Å². The number of nitrogens with zero attached hydrogens (tertiary/aromatic N) is 1. The Bertz CT molecular complexity index is 371. The molecule has 0 unspecified atom stereocenters. The van der Waals surface area contributed by atoms with E-state index in [-0.39, 0.29) is 12.6 Å². The van der Waals surface area contributed by atoms with Crippen molar-refractivity contribution in [1.29, 1.82) is 0 Å². The molecular formula is C12H14NO3S. The average molecular weight is 252 g/mol. The summed E-state index contributed by atoms with van der Waals surface area (Å²) < 4.78 is 5.36. The van der Waals surface area contributed by atoms with Crippen LogP contribution in [0.2, 0.25) is 0 Å². The molecule has 4 nitrogen and oxygen atoms in total. The van der Waals surface area contributed by atoms with Crippen molar-refractivity contribution in [2.24, 2.45) is 0 Å². The molecule has 91 valence electrons. The Labute approximate surface area is 104 Å². The van der Waals surface area contributed by atoms with E-state index in [1.54, 1.807) is 12.4 Å². The molecule has 1 radical (unpaired) electrons. The highest BCUT2D eigenvalue weighted by atomic mass is 32.1. The zero-order valence-electron chi connectivity index (χ0n) is 9.43. The second-order valence-corrected chi connectivity index (χ2v) is 4.90. The number of amides is 1. The van der Waals surface area contributed by atoms with Crippen LogP contribution < -0.4 is 4.90 Å². The Morgan fingerprint density at radius 1 is 1.53 bits per heavy atom. The number of rotatable bonds is 4. The zero-order chi connectivity index (χ0) is 12.1. The highest BCUT2D eigenvalue weighted by Gasteiger charge is 2.24. The largest absolute Gasteiger partial charge is 0.446 e. The molecule has 5 heteroatoms. The first-order valence-corrected chi connectivity index (χ1v) is 6.56. The third kappa shape index (κ3) is 3.06. The van der Waals surface area contributed by atoms with Gasteiger partial charge >= 0.3 is 6.09 Å². The molecule has 17 heavy (non-hydrogen) atoms. The zero-order valence-corrected chi connectivity index (χ0v) is 10.2. The van der Waals surface area contributed by atoms with E-state index in [1.165, 1.54) is 16.2 Å². The van der Waals surface area contributed by atoms with E-state index in [4.69, 9.17) is 4.74 Å². The molecule has 0 aliphatic heterocycles. The predicted molar refractivity (Wildman–Crippen MR) is 66.1 cm³/mol. The highest BCUT2D eigenvalue weighted by Crippen LogP contribution is 2.25. The van der Waals surface area contributed by atoms with Crippen molar-refractivity contribution in [3.8, 4) is 0 Å². The highest BCUT2D eigenvalue weighted by molar-refractivity contribution is 7.14. The van der Waals surface area contributed by atoms with E-state index < -0.39 is 6.09 Å². The average Bonchev–Trinajstić information content (AvgIpc) is 2.97. The van der Waals surface area contributed by atoms with Gasteiger partial charge in [-0.2, -0.15) is 0 Å². The summed E-state index contributed by atoms with van der Waals surface area (Å²) in [7, 11) is 0. The summed E-state index contributed by atoms with van der Waals surface area (Å²) in [4.78, 5) is 23.7. The lowest BCUT2D eigenvalue weighted by atomic mass is 10.3. The van der Waals surface area contributed by atoms with Gasteiger partial charge in [-0.05, 0) is 43.2 Å². The summed E-state index contributed by atoms with van der Waals surface area (Å²) in [6, 6.07) is 3.62. The summed E-state index contributed by atoms with van der Waals surface area (Å²) in [5, 5.41) is 2.58. The SMILES string of the molecule is O=[C]CN(C(=O)OC1CCCC1)c1cccs1. The minimum atomic E-state index is -0.442. The Morgan fingerprint density at radius 3 is 2.88 bits per heavy atom. The maximum atomic E-state index is 11.9. The van der Waals surface area contributed by atoms with E-state index >= 15 is 0 Å². The Hall–Kier alpha value is -1.36. The van der Waals surface area contributed by atoms with Crippen molar-refractivity contribution < 1.29 is 14.3 Å². The van der Waals surface area contributed by atoms with Crippen molar-refractivity contribution >= 4 is 28.7 Å². The molecule has 0 spiro atoms. The van der Waals surface area contributed by atoms with Crippen LogP contribution in [0, 0.1) is 0 Å². The molecule has 1 heterocycles. The number of thiophene rings is 1. The Balaban J connectivity index is 1.99. The molecule has 2 rings (SSSR count). The van der Waals surface area contributed by atoms with E-state index in [1.807, 2.05) is 11.4 Å². The number of hydrogen-bond donors (Lipinski definition) is 0. The normalized spacial score (nSPS) is 15.8. The van der Waals surface area contributed by atoms with Crippen LogP contribution in [-0.4, -0.2) is 25.0 Å². The fraction of sp³-hybridized carbons (Fsp3) is 0.500. The minimum Gasteiger partial charge on any atom is -0.446 e. The number of ether oxygens (including phenoxy) is 1. The molecular weight excluding hydrogens is 238 g/mol. The number of hydrogen-bond acceptors (Lipinski definition) is 4. The summed E-state index contributed by atoms with van der Waals surface area (Å²) >= 11 is 1.40. The van der Waals surface area contributed by atoms with E-state index in [2.05, 4.69) is 0 Å². The van der Waals surface area contributed by atoms with Crippen LogP contribution >= 0.6 is 11.3 Å². The summed E-state index contributed by atoms with van der Waals surface area (Å²) in [6.07, 6.45) is 5.38. The second-order valence-electron chi connectivity index (χ2n) is 3.97. The van der Waals surface area contributed by atoms with Crippen LogP contribution in [0.1, 0.15) is 25.7 Å². The second kappa shape index (κ2) is 5.82. The quantitative estimate of drug-likeness (QED) is 0.827. The molecule has 1 aliphatic carbocycles. The van der Waals surface area contributed by atoms with Gasteiger partial charge in [0.05, 0.1) is 6.54 Å². The molecule has 0 N–H and O–H groups in total. The molecule has 1 aliphatic rings. The van der Waals surface area contributed by atoms with Gasteiger partial charge in [0.15, 0.2) is 0 Å². The van der Waals surface area contributed by atoms with Crippen molar-refractivity contribution in [2.75, 3.05) is 11.4 Å². The first-order chi connectivity index (χ1) is 8.31. The van der Waals surface area contributed by atoms with Crippen LogP contribution in [0.4, 0.5) is 9.80 Å². The minimum absolute atomic E-state index is 0.0108. The van der Waals surface area contributed by atoms with Gasteiger partial charge in [-0.3, -0.25) is 9.69 Å². The lowest BCUT2D eigenvalue weighted by Crippen LogP contribution is -2.34. The molecule has 0 atom stereocenters. The van der Waals surface area contributed by atoms with Crippen LogP contribution in [0.3, 0.4) is 0 Å². The topological polar surface area (TPSA) is 46.6 Å². The molecule has 0 saturated heterocycles. The number of anilines is 1. The lowest BCUT2D eigenvalue weighted by Gasteiger charge is -2.20. The summed E-state index contributed by atoms with van der Waals surface area (Å²) in [5.74, 6) is 0. The maximum absolute atomic E-state index is 11.9. The first kappa shape index (κ1) is 12.1. The molecule has 0 bridgehead atoms. The van der Waals surface area contributed by atoms with Gasteiger partial charge in [-0.25, -0.2) is 4.79 Å². The fourth-order valence-corrected chi connectivity index (χ4v) is 2.65. The third-order valence-corrected chi connectivity index (χ3v) is 3.68. The van der Waals surface area contributed by atoms with Crippen molar-refractivity contribution in [1.82, 2.24) is 0 Å². The molecule has 1 aromatic rings. The van der Waals surface area contributed by atoms with E-state index in [0.717, 1.165) is 30.7 Å². The first-order valence-electron chi connectivity index (χ1n) is 5.68. The van der Waals surface area contributed by atoms with Crippen molar-refractivity contribution in [3.05, 3.63) is 17.5 Å². The number of carbonyl (C=O) groups is 1. The maximum Gasteiger partial charge on any atom is 0.415 e. The van der Waals surface area contributed by atoms with Crippen molar-refractivity contribution in [2.45, 2.75) is 31.8 Å². The van der Waals surface area contributed by atoms with Gasteiger partial charge < -0.3 is 4.74 Å². The summed E-state index contributed by atoms with van der Waals surface area (Å²) in [5.41, 5.74) is 0. The molecule has 1 fully saturated rings. The van der Waals surface area contributed by atoms with Crippen LogP contribution in [0.15, 0.2) is 17.5 Å². The van der Waals surface area contributed by atoms with Gasteiger partial charge in [0.1, 0.15) is 11.1 Å². The van der Waals surface area contributed by atoms with Gasteiger partial charge in [-0.15, -0.1) is 11.3 Å². The van der Waals surface area contributed by atoms with Crippen LogP contribution in [0.5, 0.6) is 0 Å². The lowest BCUT2D eigenvalue weighted by molar-refractivity contribution is 0.108. The fourth-order valence-electron chi connectivity index (χ4n) is 1.93.